The molecule has 1 amide bonds. The van der Waals surface area contributed by atoms with Gasteiger partial charge in [0, 0.05) is 13.5 Å². The molecule has 1 unspecified atom stereocenters. The predicted molar refractivity (Wildman–Crippen MR) is 73.3 cm³/mol. The smallest absolute Gasteiger partial charge is 0.337 e. The number of hydrogen-bond acceptors (Lipinski definition) is 4. The Morgan fingerprint density at radius 1 is 1.32 bits per heavy atom. The Hall–Kier alpha value is -1.92. The average molecular weight is 268 g/mol. The molecule has 0 aliphatic carbocycles. The molecule has 0 aliphatic heterocycles. The third kappa shape index (κ3) is 7.91. The number of likely N-dealkylation sites (N-methyl/N-ethyl adjacent to an activating group) is 1. The van der Waals surface area contributed by atoms with Crippen LogP contribution in [0.25, 0.3) is 0 Å². The molecule has 6 heteroatoms. The molecule has 0 aliphatic rings. The Labute approximate surface area is 112 Å². The number of rotatable bonds is 4. The molecule has 0 fully saturated rings. The molecule has 1 rings (SSSR count). The lowest BCUT2D eigenvalue weighted by atomic mass is 10.2. The molecule has 0 saturated heterocycles. The molecule has 6 nitrogen and oxygen atoms in total. The van der Waals surface area contributed by atoms with Crippen LogP contribution in [0.2, 0.25) is 0 Å². The van der Waals surface area contributed by atoms with Crippen LogP contribution in [0.15, 0.2) is 24.3 Å². The van der Waals surface area contributed by atoms with E-state index in [1.54, 1.807) is 25.1 Å². The van der Waals surface area contributed by atoms with Gasteiger partial charge in [-0.1, -0.05) is 12.1 Å². The van der Waals surface area contributed by atoms with Crippen molar-refractivity contribution in [3.63, 3.8) is 0 Å². The van der Waals surface area contributed by atoms with Crippen LogP contribution in [-0.4, -0.2) is 41.8 Å². The molecular formula is C13H20N2O4. The molecule has 0 heterocycles. The van der Waals surface area contributed by atoms with E-state index in [1.807, 2.05) is 7.05 Å². The van der Waals surface area contributed by atoms with Crippen LogP contribution in [-0.2, 0) is 4.79 Å². The highest BCUT2D eigenvalue weighted by molar-refractivity contribution is 5.99. The van der Waals surface area contributed by atoms with Crippen molar-refractivity contribution in [3.8, 4) is 0 Å². The minimum Gasteiger partial charge on any atom is -0.478 e. The van der Waals surface area contributed by atoms with E-state index in [0.717, 1.165) is 0 Å². The van der Waals surface area contributed by atoms with Gasteiger partial charge in [0.05, 0.1) is 17.4 Å². The van der Waals surface area contributed by atoms with Gasteiger partial charge in [0.25, 0.3) is 0 Å². The second-order valence-corrected chi connectivity index (χ2v) is 3.94. The Morgan fingerprint density at radius 3 is 2.26 bits per heavy atom. The topological polar surface area (TPSA) is 98.7 Å². The lowest BCUT2D eigenvalue weighted by Gasteiger charge is -2.04. The van der Waals surface area contributed by atoms with Crippen molar-refractivity contribution < 1.29 is 19.8 Å². The maximum absolute atomic E-state index is 10.7. The fourth-order valence-electron chi connectivity index (χ4n) is 1.26. The van der Waals surface area contributed by atoms with Gasteiger partial charge in [0.2, 0.25) is 5.91 Å². The van der Waals surface area contributed by atoms with Gasteiger partial charge in [-0.05, 0) is 26.1 Å². The van der Waals surface area contributed by atoms with Crippen LogP contribution in [0.1, 0.15) is 24.2 Å². The van der Waals surface area contributed by atoms with E-state index < -0.39 is 5.97 Å². The van der Waals surface area contributed by atoms with Gasteiger partial charge < -0.3 is 20.8 Å². The zero-order valence-electron chi connectivity index (χ0n) is 11.3. The van der Waals surface area contributed by atoms with E-state index in [-0.39, 0.29) is 17.6 Å². The van der Waals surface area contributed by atoms with E-state index in [2.05, 4.69) is 10.6 Å². The van der Waals surface area contributed by atoms with Gasteiger partial charge in [-0.2, -0.15) is 0 Å². The lowest BCUT2D eigenvalue weighted by Crippen LogP contribution is -2.19. The van der Waals surface area contributed by atoms with Crippen LogP contribution < -0.4 is 10.6 Å². The molecule has 0 bridgehead atoms. The molecular weight excluding hydrogens is 248 g/mol. The van der Waals surface area contributed by atoms with Gasteiger partial charge in [0.15, 0.2) is 0 Å². The first kappa shape index (κ1) is 17.1. The van der Waals surface area contributed by atoms with Crippen molar-refractivity contribution in [2.24, 2.45) is 0 Å². The third-order valence-corrected chi connectivity index (χ3v) is 1.97. The number of aromatic carboxylic acids is 1. The number of aliphatic hydroxyl groups excluding tert-OH is 1. The monoisotopic (exact) mass is 268 g/mol. The Balaban J connectivity index is 0.000000459. The van der Waals surface area contributed by atoms with Gasteiger partial charge in [-0.15, -0.1) is 0 Å². The summed E-state index contributed by atoms with van der Waals surface area (Å²) in [4.78, 5) is 21.3. The van der Waals surface area contributed by atoms with Gasteiger partial charge in [-0.3, -0.25) is 4.79 Å². The summed E-state index contributed by atoms with van der Waals surface area (Å²) in [6.45, 7) is 3.76. The molecule has 1 aromatic rings. The van der Waals surface area contributed by atoms with Crippen molar-refractivity contribution in [3.05, 3.63) is 29.8 Å². The van der Waals surface area contributed by atoms with Crippen LogP contribution in [0.5, 0.6) is 0 Å². The summed E-state index contributed by atoms with van der Waals surface area (Å²) in [7, 11) is 1.81. The fraction of sp³-hybridized carbons (Fsp3) is 0.385. The zero-order valence-corrected chi connectivity index (χ0v) is 11.3. The number of para-hydroxylation sites is 1. The summed E-state index contributed by atoms with van der Waals surface area (Å²) in [6, 6.07) is 6.25. The molecule has 0 spiro atoms. The van der Waals surface area contributed by atoms with Crippen LogP contribution in [0.4, 0.5) is 5.69 Å². The van der Waals surface area contributed by atoms with Gasteiger partial charge in [0.1, 0.15) is 0 Å². The highest BCUT2D eigenvalue weighted by atomic mass is 16.4. The maximum atomic E-state index is 10.7. The van der Waals surface area contributed by atoms with Crippen molar-refractivity contribution >= 4 is 17.6 Å². The van der Waals surface area contributed by atoms with E-state index in [4.69, 9.17) is 10.2 Å². The quantitative estimate of drug-likeness (QED) is 0.651. The van der Waals surface area contributed by atoms with E-state index in [1.165, 1.54) is 13.0 Å². The summed E-state index contributed by atoms with van der Waals surface area (Å²) in [6.07, 6.45) is -0.213. The summed E-state index contributed by atoms with van der Waals surface area (Å²) < 4.78 is 0. The van der Waals surface area contributed by atoms with Crippen molar-refractivity contribution in [2.75, 3.05) is 18.9 Å². The second kappa shape index (κ2) is 9.07. The van der Waals surface area contributed by atoms with Crippen LogP contribution >= 0.6 is 0 Å². The van der Waals surface area contributed by atoms with E-state index in [0.29, 0.717) is 12.2 Å². The minimum atomic E-state index is -1.05. The summed E-state index contributed by atoms with van der Waals surface area (Å²) in [5.74, 6) is -1.34. The zero-order chi connectivity index (χ0) is 14.8. The second-order valence-electron chi connectivity index (χ2n) is 3.94. The largest absolute Gasteiger partial charge is 0.478 e. The van der Waals surface area contributed by atoms with E-state index in [9.17, 15) is 9.59 Å². The number of hydrogen-bond donors (Lipinski definition) is 4. The first-order valence-corrected chi connectivity index (χ1v) is 5.81. The highest BCUT2D eigenvalue weighted by Crippen LogP contribution is 2.14. The number of carboxylic acids is 1. The summed E-state index contributed by atoms with van der Waals surface area (Å²) in [5, 5.41) is 22.5. The fourth-order valence-corrected chi connectivity index (χ4v) is 1.26. The number of carbonyl (C=O) groups excluding carboxylic acids is 1. The molecule has 4 N–H and O–H groups in total. The standard InChI is InChI=1S/C9H9NO3.C4H11NO/c1-6(11)10-8-5-3-2-4-7(8)9(12)13;1-4(6)3-5-2/h2-5H,1H3,(H,10,11)(H,12,13);4-6H,3H2,1-2H3. The molecule has 0 saturated carbocycles. The third-order valence-electron chi connectivity index (χ3n) is 1.97. The lowest BCUT2D eigenvalue weighted by molar-refractivity contribution is -0.114. The maximum Gasteiger partial charge on any atom is 0.337 e. The SMILES string of the molecule is CC(=O)Nc1ccccc1C(=O)O.CNCC(C)O. The van der Waals surface area contributed by atoms with Crippen molar-refractivity contribution in [1.82, 2.24) is 5.32 Å². The van der Waals surface area contributed by atoms with Gasteiger partial charge >= 0.3 is 5.97 Å². The molecule has 1 aromatic carbocycles. The Bertz CT molecular complexity index is 419. The number of amides is 1. The van der Waals surface area contributed by atoms with Crippen molar-refractivity contribution in [2.45, 2.75) is 20.0 Å². The predicted octanol–water partition coefficient (Wildman–Crippen LogP) is 0.930. The van der Waals surface area contributed by atoms with E-state index >= 15 is 0 Å². The summed E-state index contributed by atoms with van der Waals surface area (Å²) in [5.41, 5.74) is 0.417. The normalized spacial score (nSPS) is 10.9. The minimum absolute atomic E-state index is 0.0951. The summed E-state index contributed by atoms with van der Waals surface area (Å²) >= 11 is 0. The molecule has 1 atom stereocenters. The number of nitrogens with one attached hydrogen (secondary N) is 2. The molecule has 0 aromatic heterocycles. The average Bonchev–Trinajstić information content (AvgIpc) is 2.29. The van der Waals surface area contributed by atoms with Crippen LogP contribution in [0, 0.1) is 0 Å². The molecule has 0 radical (unpaired) electrons. The van der Waals surface area contributed by atoms with Crippen LogP contribution in [0.3, 0.4) is 0 Å². The Morgan fingerprint density at radius 2 is 1.89 bits per heavy atom. The number of aliphatic hydroxyl groups is 1. The highest BCUT2D eigenvalue weighted by Gasteiger charge is 2.08. The Kier molecular flexibility index (Phi) is 8.15. The van der Waals surface area contributed by atoms with Gasteiger partial charge in [-0.25, -0.2) is 4.79 Å². The number of carbonyl (C=O) groups is 2. The molecule has 106 valence electrons. The number of anilines is 1. The van der Waals surface area contributed by atoms with Crippen molar-refractivity contribution in [1.29, 1.82) is 0 Å². The number of carboxylic acid groups (broad SMARTS) is 1. The first-order chi connectivity index (χ1) is 8.88. The first-order valence-electron chi connectivity index (χ1n) is 5.81. The molecule has 19 heavy (non-hydrogen) atoms. The number of benzene rings is 1.